The molecule has 0 saturated heterocycles. The number of anilines is 1. The molecule has 0 bridgehead atoms. The van der Waals surface area contributed by atoms with Crippen molar-refractivity contribution in [2.24, 2.45) is 0 Å². The van der Waals surface area contributed by atoms with E-state index in [0.717, 1.165) is 50.6 Å². The second-order valence-electron chi connectivity index (χ2n) is 10.3. The van der Waals surface area contributed by atoms with Gasteiger partial charge < -0.3 is 14.6 Å². The topological polar surface area (TPSA) is 83.1 Å². The van der Waals surface area contributed by atoms with Crippen LogP contribution in [0.15, 0.2) is 30.7 Å². The molecule has 0 atom stereocenters. The molecule has 0 spiro atoms. The quantitative estimate of drug-likeness (QED) is 0.356. The monoisotopic (exact) mass is 521 g/mol. The van der Waals surface area contributed by atoms with Gasteiger partial charge in [0.15, 0.2) is 5.65 Å². The van der Waals surface area contributed by atoms with Crippen LogP contribution in [0.25, 0.3) is 22.3 Å². The maximum atomic E-state index is 12.9. The SMILES string of the molecule is Cc1cc(-c2cnc3nc[nH]c3c2)cc2c1OCCN(c1nc(CN(C)CC(F)F)nc(C)c1C(C)C)C2. The van der Waals surface area contributed by atoms with E-state index in [2.05, 4.69) is 63.8 Å². The van der Waals surface area contributed by atoms with E-state index < -0.39 is 6.43 Å². The number of hydrogen-bond acceptors (Lipinski definition) is 7. The van der Waals surface area contributed by atoms with Gasteiger partial charge in [0.05, 0.1) is 31.5 Å². The highest BCUT2D eigenvalue weighted by atomic mass is 19.3. The van der Waals surface area contributed by atoms with E-state index in [-0.39, 0.29) is 19.0 Å². The van der Waals surface area contributed by atoms with Gasteiger partial charge >= 0.3 is 0 Å². The maximum Gasteiger partial charge on any atom is 0.251 e. The number of alkyl halides is 2. The zero-order valence-corrected chi connectivity index (χ0v) is 22.4. The molecule has 38 heavy (non-hydrogen) atoms. The standard InChI is InChI=1S/C28H33F2N7O/c1-16(2)25-18(4)34-24(14-36(5)13-23(29)30)35-28(25)37-6-7-38-26-17(3)8-19(9-21(26)12-37)20-10-22-27(31-11-20)33-15-32-22/h8-11,15-16,23H,6-7,12-14H2,1-5H3,(H,31,32,33). The Morgan fingerprint density at radius 1 is 1.11 bits per heavy atom. The van der Waals surface area contributed by atoms with Crippen LogP contribution in [0.2, 0.25) is 0 Å². The third kappa shape index (κ3) is 5.31. The smallest absolute Gasteiger partial charge is 0.251 e. The fourth-order valence-corrected chi connectivity index (χ4v) is 5.20. The Hall–Kier alpha value is -3.66. The van der Waals surface area contributed by atoms with Crippen molar-refractivity contribution in [1.82, 2.24) is 29.8 Å². The van der Waals surface area contributed by atoms with Crippen molar-refractivity contribution in [3.63, 3.8) is 0 Å². The van der Waals surface area contributed by atoms with E-state index >= 15 is 0 Å². The minimum Gasteiger partial charge on any atom is -0.491 e. The van der Waals surface area contributed by atoms with Crippen molar-refractivity contribution in [1.29, 1.82) is 0 Å². The number of fused-ring (bicyclic) bond motifs is 2. The molecular formula is C28H33F2N7O. The number of aromatic nitrogens is 5. The number of pyridine rings is 1. The summed E-state index contributed by atoms with van der Waals surface area (Å²) < 4.78 is 32.1. The molecule has 200 valence electrons. The number of ether oxygens (including phenoxy) is 1. The first-order valence-electron chi connectivity index (χ1n) is 12.8. The summed E-state index contributed by atoms with van der Waals surface area (Å²) in [5, 5.41) is 0. The van der Waals surface area contributed by atoms with E-state index in [1.54, 1.807) is 18.3 Å². The van der Waals surface area contributed by atoms with Crippen molar-refractivity contribution >= 4 is 17.0 Å². The molecule has 1 aliphatic rings. The maximum absolute atomic E-state index is 12.9. The van der Waals surface area contributed by atoms with E-state index in [1.807, 2.05) is 13.1 Å². The average molecular weight is 522 g/mol. The first-order valence-corrected chi connectivity index (χ1v) is 12.8. The molecule has 1 aromatic carbocycles. The van der Waals surface area contributed by atoms with Gasteiger partial charge in [0.25, 0.3) is 6.43 Å². The molecule has 8 nitrogen and oxygen atoms in total. The minimum atomic E-state index is -2.41. The zero-order valence-electron chi connectivity index (χ0n) is 22.4. The van der Waals surface area contributed by atoms with Crippen molar-refractivity contribution in [2.45, 2.75) is 53.1 Å². The summed E-state index contributed by atoms with van der Waals surface area (Å²) in [4.78, 5) is 25.2. The lowest BCUT2D eigenvalue weighted by Crippen LogP contribution is -2.30. The van der Waals surface area contributed by atoms with Gasteiger partial charge in [-0.2, -0.15) is 0 Å². The first-order chi connectivity index (χ1) is 18.2. The van der Waals surface area contributed by atoms with Gasteiger partial charge in [-0.05, 0) is 56.1 Å². The summed E-state index contributed by atoms with van der Waals surface area (Å²) in [6.45, 7) is 9.98. The summed E-state index contributed by atoms with van der Waals surface area (Å²) >= 11 is 0. The Labute approximate surface area is 221 Å². The molecule has 3 aromatic heterocycles. The second-order valence-corrected chi connectivity index (χ2v) is 10.3. The van der Waals surface area contributed by atoms with Gasteiger partial charge in [0, 0.05) is 35.1 Å². The van der Waals surface area contributed by atoms with Crippen LogP contribution in [0, 0.1) is 13.8 Å². The Morgan fingerprint density at radius 2 is 1.92 bits per heavy atom. The Morgan fingerprint density at radius 3 is 2.68 bits per heavy atom. The molecular weight excluding hydrogens is 488 g/mol. The molecule has 0 aliphatic carbocycles. The number of halogens is 2. The third-order valence-corrected chi connectivity index (χ3v) is 6.83. The van der Waals surface area contributed by atoms with Gasteiger partial charge in [0.1, 0.15) is 24.0 Å². The van der Waals surface area contributed by atoms with Gasteiger partial charge in [-0.1, -0.05) is 13.8 Å². The summed E-state index contributed by atoms with van der Waals surface area (Å²) in [5.41, 5.74) is 7.67. The molecule has 0 amide bonds. The van der Waals surface area contributed by atoms with Crippen molar-refractivity contribution in [2.75, 3.05) is 31.6 Å². The summed E-state index contributed by atoms with van der Waals surface area (Å²) in [5.74, 6) is 2.47. The number of imidazole rings is 1. The fourth-order valence-electron chi connectivity index (χ4n) is 5.20. The highest BCUT2D eigenvalue weighted by Gasteiger charge is 2.25. The van der Waals surface area contributed by atoms with Crippen LogP contribution in [-0.2, 0) is 13.1 Å². The number of aromatic amines is 1. The largest absolute Gasteiger partial charge is 0.491 e. The van der Waals surface area contributed by atoms with Gasteiger partial charge in [-0.25, -0.2) is 28.7 Å². The molecule has 1 aliphatic heterocycles. The van der Waals surface area contributed by atoms with Crippen LogP contribution in [0.4, 0.5) is 14.6 Å². The highest BCUT2D eigenvalue weighted by molar-refractivity contribution is 5.78. The van der Waals surface area contributed by atoms with Crippen LogP contribution in [0.5, 0.6) is 5.75 Å². The normalized spacial score (nSPS) is 13.9. The van der Waals surface area contributed by atoms with Gasteiger partial charge in [-0.3, -0.25) is 4.90 Å². The molecule has 10 heteroatoms. The molecule has 0 fully saturated rings. The molecule has 0 unspecified atom stereocenters. The second kappa shape index (κ2) is 10.6. The highest BCUT2D eigenvalue weighted by Crippen LogP contribution is 2.36. The number of nitrogens with one attached hydrogen (secondary N) is 1. The molecule has 4 heterocycles. The number of H-pyrrole nitrogens is 1. The Bertz CT molecular complexity index is 1450. The van der Waals surface area contributed by atoms with Crippen molar-refractivity contribution in [3.05, 3.63) is 58.9 Å². The van der Waals surface area contributed by atoms with Crippen molar-refractivity contribution < 1.29 is 13.5 Å². The number of nitrogens with zero attached hydrogens (tertiary/aromatic N) is 6. The Kier molecular flexibility index (Phi) is 7.25. The summed E-state index contributed by atoms with van der Waals surface area (Å²) in [6.07, 6.45) is 1.08. The lowest BCUT2D eigenvalue weighted by Gasteiger charge is -2.27. The number of benzene rings is 1. The van der Waals surface area contributed by atoms with Gasteiger partial charge in [-0.15, -0.1) is 0 Å². The van der Waals surface area contributed by atoms with Crippen LogP contribution in [0.1, 0.15) is 48.0 Å². The lowest BCUT2D eigenvalue weighted by molar-refractivity contribution is 0.0965. The van der Waals surface area contributed by atoms with E-state index in [4.69, 9.17) is 9.72 Å². The summed E-state index contributed by atoms with van der Waals surface area (Å²) in [6, 6.07) is 6.33. The molecule has 1 N–H and O–H groups in total. The van der Waals surface area contributed by atoms with Crippen LogP contribution in [-0.4, -0.2) is 63.0 Å². The Balaban J connectivity index is 1.52. The first kappa shape index (κ1) is 26.0. The number of aryl methyl sites for hydroxylation is 2. The molecule has 0 saturated carbocycles. The minimum absolute atomic E-state index is 0.196. The zero-order chi connectivity index (χ0) is 27.0. The predicted octanol–water partition coefficient (Wildman–Crippen LogP) is 5.25. The van der Waals surface area contributed by atoms with Crippen LogP contribution in [0.3, 0.4) is 0 Å². The predicted molar refractivity (Wildman–Crippen MR) is 144 cm³/mol. The molecule has 4 aromatic rings. The van der Waals surface area contributed by atoms with E-state index in [9.17, 15) is 8.78 Å². The third-order valence-electron chi connectivity index (χ3n) is 6.83. The lowest BCUT2D eigenvalue weighted by atomic mass is 9.99. The van der Waals surface area contributed by atoms with Crippen molar-refractivity contribution in [3.8, 4) is 16.9 Å². The average Bonchev–Trinajstić information content (AvgIpc) is 3.20. The van der Waals surface area contributed by atoms with E-state index in [0.29, 0.717) is 31.2 Å². The number of rotatable bonds is 7. The molecule has 5 rings (SSSR count). The number of hydrogen-bond donors (Lipinski definition) is 1. The molecule has 0 radical (unpaired) electrons. The van der Waals surface area contributed by atoms with Crippen LogP contribution < -0.4 is 9.64 Å². The van der Waals surface area contributed by atoms with Crippen LogP contribution >= 0.6 is 0 Å². The fraction of sp³-hybridized carbons (Fsp3) is 0.429. The summed E-state index contributed by atoms with van der Waals surface area (Å²) in [7, 11) is 1.66. The van der Waals surface area contributed by atoms with Gasteiger partial charge in [0.2, 0.25) is 0 Å². The van der Waals surface area contributed by atoms with E-state index in [1.165, 1.54) is 0 Å².